The highest BCUT2D eigenvalue weighted by Crippen LogP contribution is 2.38. The summed E-state index contributed by atoms with van der Waals surface area (Å²) in [5.41, 5.74) is 1.32. The maximum atomic E-state index is 14.5. The van der Waals surface area contributed by atoms with Crippen LogP contribution < -0.4 is 9.64 Å². The highest BCUT2D eigenvalue weighted by Gasteiger charge is 2.48. The van der Waals surface area contributed by atoms with Crippen LogP contribution in [0.4, 0.5) is 14.9 Å². The van der Waals surface area contributed by atoms with Gasteiger partial charge in [-0.3, -0.25) is 14.4 Å². The zero-order valence-corrected chi connectivity index (χ0v) is 22.8. The van der Waals surface area contributed by atoms with E-state index in [9.17, 15) is 24.0 Å². The minimum Gasteiger partial charge on any atom is -0.490 e. The SMILES string of the molecule is Cc1cc(C#N)cc([C@@H]2CCON2C(=O)C2CCC(COc3cc(N4C(=O)OC(C)(C)C4=O)ccc3F)CC2)c1. The van der Waals surface area contributed by atoms with Crippen LogP contribution in [0.5, 0.6) is 5.75 Å². The van der Waals surface area contributed by atoms with E-state index in [1.54, 1.807) is 0 Å². The number of ether oxygens (including phenoxy) is 2. The van der Waals surface area contributed by atoms with Gasteiger partial charge >= 0.3 is 6.09 Å². The second-order valence-corrected chi connectivity index (χ2v) is 11.2. The molecule has 3 amide bonds. The number of carbonyl (C=O) groups is 3. The molecule has 2 saturated heterocycles. The molecule has 1 atom stereocenters. The van der Waals surface area contributed by atoms with E-state index >= 15 is 0 Å². The number of hydrogen-bond acceptors (Lipinski definition) is 7. The minimum absolute atomic E-state index is 0.0503. The van der Waals surface area contributed by atoms with Gasteiger partial charge in [0.25, 0.3) is 5.91 Å². The third-order valence-electron chi connectivity index (χ3n) is 7.82. The second kappa shape index (κ2) is 10.9. The van der Waals surface area contributed by atoms with Crippen LogP contribution >= 0.6 is 0 Å². The monoisotopic (exact) mass is 549 g/mol. The molecule has 2 aromatic rings. The van der Waals surface area contributed by atoms with E-state index in [4.69, 9.17) is 14.3 Å². The van der Waals surface area contributed by atoms with Gasteiger partial charge in [0.1, 0.15) is 0 Å². The molecule has 0 bridgehead atoms. The maximum absolute atomic E-state index is 14.5. The summed E-state index contributed by atoms with van der Waals surface area (Å²) in [6.07, 6.45) is 2.62. The summed E-state index contributed by atoms with van der Waals surface area (Å²) < 4.78 is 25.4. The normalized spacial score (nSPS) is 24.1. The van der Waals surface area contributed by atoms with E-state index in [-0.39, 0.29) is 41.8 Å². The van der Waals surface area contributed by atoms with Crippen LogP contribution in [0.15, 0.2) is 36.4 Å². The number of imide groups is 1. The maximum Gasteiger partial charge on any atom is 0.422 e. The Morgan fingerprint density at radius 2 is 1.88 bits per heavy atom. The number of nitrogens with zero attached hydrogens (tertiary/aromatic N) is 3. The molecule has 9 nitrogen and oxygen atoms in total. The van der Waals surface area contributed by atoms with E-state index in [0.29, 0.717) is 31.4 Å². The van der Waals surface area contributed by atoms with Crippen LogP contribution in [0.25, 0.3) is 0 Å². The van der Waals surface area contributed by atoms with Gasteiger partial charge in [-0.2, -0.15) is 5.26 Å². The summed E-state index contributed by atoms with van der Waals surface area (Å²) in [6.45, 7) is 5.61. The van der Waals surface area contributed by atoms with Gasteiger partial charge in [-0.1, -0.05) is 6.07 Å². The lowest BCUT2D eigenvalue weighted by Gasteiger charge is -2.32. The van der Waals surface area contributed by atoms with Crippen molar-refractivity contribution in [3.8, 4) is 11.8 Å². The molecular formula is C30H32FN3O6. The Bertz CT molecular complexity index is 1380. The third-order valence-corrected chi connectivity index (χ3v) is 7.82. The van der Waals surface area contributed by atoms with Crippen molar-refractivity contribution >= 4 is 23.6 Å². The Labute approximate surface area is 232 Å². The predicted octanol–water partition coefficient (Wildman–Crippen LogP) is 5.36. The number of aryl methyl sites for hydroxylation is 1. The zero-order valence-electron chi connectivity index (χ0n) is 22.8. The fourth-order valence-electron chi connectivity index (χ4n) is 5.65. The topological polar surface area (TPSA) is 109 Å². The summed E-state index contributed by atoms with van der Waals surface area (Å²) in [5.74, 6) is -1.30. The number of amides is 3. The second-order valence-electron chi connectivity index (χ2n) is 11.2. The Kier molecular flexibility index (Phi) is 7.51. The van der Waals surface area contributed by atoms with Crippen LogP contribution in [-0.4, -0.2) is 41.8 Å². The molecule has 0 unspecified atom stereocenters. The molecule has 10 heteroatoms. The van der Waals surface area contributed by atoms with Crippen molar-refractivity contribution in [2.75, 3.05) is 18.1 Å². The first-order chi connectivity index (χ1) is 19.1. The van der Waals surface area contributed by atoms with Gasteiger partial charge in [0, 0.05) is 18.4 Å². The summed E-state index contributed by atoms with van der Waals surface area (Å²) in [6, 6.07) is 11.4. The van der Waals surface area contributed by atoms with Crippen molar-refractivity contribution in [3.63, 3.8) is 0 Å². The van der Waals surface area contributed by atoms with Gasteiger partial charge in [0.15, 0.2) is 17.2 Å². The van der Waals surface area contributed by atoms with Gasteiger partial charge in [-0.15, -0.1) is 0 Å². The molecule has 40 heavy (non-hydrogen) atoms. The van der Waals surface area contributed by atoms with Gasteiger partial charge in [0.2, 0.25) is 5.91 Å². The number of cyclic esters (lactones) is 1. The molecular weight excluding hydrogens is 517 g/mol. The lowest BCUT2D eigenvalue weighted by molar-refractivity contribution is -0.183. The van der Waals surface area contributed by atoms with Gasteiger partial charge in [-0.25, -0.2) is 19.1 Å². The molecule has 3 fully saturated rings. The van der Waals surface area contributed by atoms with Crippen molar-refractivity contribution in [2.45, 2.75) is 64.5 Å². The van der Waals surface area contributed by atoms with Gasteiger partial charge in [-0.05, 0) is 87.8 Å². The van der Waals surface area contributed by atoms with Crippen molar-refractivity contribution in [1.29, 1.82) is 5.26 Å². The van der Waals surface area contributed by atoms with Gasteiger partial charge in [0.05, 0.1) is 36.6 Å². The zero-order chi connectivity index (χ0) is 28.6. The molecule has 1 saturated carbocycles. The number of hydrogen-bond donors (Lipinski definition) is 0. The van der Waals surface area contributed by atoms with E-state index in [1.165, 1.54) is 31.0 Å². The number of hydroxylamine groups is 2. The lowest BCUT2D eigenvalue weighted by atomic mass is 9.81. The molecule has 5 rings (SSSR count). The number of carbonyl (C=O) groups excluding carboxylic acids is 3. The van der Waals surface area contributed by atoms with Crippen LogP contribution in [0.1, 0.15) is 68.7 Å². The van der Waals surface area contributed by atoms with E-state index in [2.05, 4.69) is 6.07 Å². The van der Waals surface area contributed by atoms with Crippen LogP contribution in [0.3, 0.4) is 0 Å². The molecule has 2 aliphatic heterocycles. The Hall–Kier alpha value is -3.97. The van der Waals surface area contributed by atoms with Crippen molar-refractivity contribution in [2.24, 2.45) is 11.8 Å². The third kappa shape index (κ3) is 5.39. The van der Waals surface area contributed by atoms with E-state index in [1.807, 2.05) is 25.1 Å². The minimum atomic E-state index is -1.29. The Balaban J connectivity index is 1.18. The predicted molar refractivity (Wildman–Crippen MR) is 141 cm³/mol. The quantitative estimate of drug-likeness (QED) is 0.477. The first-order valence-electron chi connectivity index (χ1n) is 13.5. The van der Waals surface area contributed by atoms with Crippen LogP contribution in [0, 0.1) is 35.9 Å². The average molecular weight is 550 g/mol. The molecule has 3 aliphatic rings. The molecule has 0 spiro atoms. The summed E-state index contributed by atoms with van der Waals surface area (Å²) in [4.78, 5) is 44.8. The summed E-state index contributed by atoms with van der Waals surface area (Å²) in [7, 11) is 0. The van der Waals surface area contributed by atoms with Crippen LogP contribution in [-0.2, 0) is 19.2 Å². The molecule has 0 N–H and O–H groups in total. The first kappa shape index (κ1) is 27.6. The molecule has 0 aromatic heterocycles. The number of anilines is 1. The number of rotatable bonds is 6. The van der Waals surface area contributed by atoms with Crippen molar-refractivity contribution in [3.05, 3.63) is 58.9 Å². The molecule has 210 valence electrons. The van der Waals surface area contributed by atoms with Crippen molar-refractivity contribution in [1.82, 2.24) is 5.06 Å². The number of nitriles is 1. The standard InChI is InChI=1S/C30H32FN3O6/c1-18-12-20(16-32)14-22(13-18)25-10-11-39-34(25)27(35)21-6-4-19(5-7-21)17-38-26-15-23(8-9-24(26)31)33-28(36)30(2,3)40-29(33)37/h8-9,12-15,19,21,25H,4-7,10-11,17H2,1-3H3/t19?,21?,25-/m0/s1. The van der Waals surface area contributed by atoms with E-state index < -0.39 is 23.4 Å². The number of benzene rings is 2. The molecule has 2 heterocycles. The van der Waals surface area contributed by atoms with Gasteiger partial charge < -0.3 is 9.47 Å². The Morgan fingerprint density at radius 1 is 1.12 bits per heavy atom. The lowest BCUT2D eigenvalue weighted by Crippen LogP contribution is -2.37. The Morgan fingerprint density at radius 3 is 2.55 bits per heavy atom. The largest absolute Gasteiger partial charge is 0.490 e. The summed E-state index contributed by atoms with van der Waals surface area (Å²) in [5, 5.41) is 10.8. The molecule has 0 radical (unpaired) electrons. The van der Waals surface area contributed by atoms with Crippen molar-refractivity contribution < 1.29 is 33.1 Å². The fourth-order valence-corrected chi connectivity index (χ4v) is 5.65. The molecule has 2 aromatic carbocycles. The van der Waals surface area contributed by atoms with Crippen LogP contribution in [0.2, 0.25) is 0 Å². The summed E-state index contributed by atoms with van der Waals surface area (Å²) >= 11 is 0. The first-order valence-corrected chi connectivity index (χ1v) is 13.5. The highest BCUT2D eigenvalue weighted by atomic mass is 19.1. The van der Waals surface area contributed by atoms with E-state index in [0.717, 1.165) is 34.9 Å². The molecule has 1 aliphatic carbocycles. The number of halogens is 1. The fraction of sp³-hybridized carbons (Fsp3) is 0.467. The smallest absolute Gasteiger partial charge is 0.422 e. The average Bonchev–Trinajstić information content (AvgIpc) is 3.50. The highest BCUT2D eigenvalue weighted by molar-refractivity contribution is 6.19.